The Bertz CT molecular complexity index is 1110. The molecule has 1 aromatic heterocycles. The Morgan fingerprint density at radius 3 is 2.62 bits per heavy atom. The predicted molar refractivity (Wildman–Crippen MR) is 116 cm³/mol. The van der Waals surface area contributed by atoms with E-state index in [0.717, 1.165) is 23.3 Å². The van der Waals surface area contributed by atoms with E-state index in [4.69, 9.17) is 9.26 Å². The van der Waals surface area contributed by atoms with Crippen molar-refractivity contribution in [2.24, 2.45) is 5.92 Å². The third-order valence-electron chi connectivity index (χ3n) is 6.31. The van der Waals surface area contributed by atoms with E-state index in [-0.39, 0.29) is 36.4 Å². The minimum Gasteiger partial charge on any atom is -0.497 e. The molecule has 0 bridgehead atoms. The first-order chi connectivity index (χ1) is 15.6. The van der Waals surface area contributed by atoms with E-state index in [0.29, 0.717) is 24.6 Å². The first-order valence-electron chi connectivity index (χ1n) is 10.8. The van der Waals surface area contributed by atoms with Gasteiger partial charge in [-0.1, -0.05) is 47.6 Å². The van der Waals surface area contributed by atoms with E-state index in [1.807, 2.05) is 54.6 Å². The molecule has 8 heteroatoms. The minimum atomic E-state index is -0.358. The van der Waals surface area contributed by atoms with E-state index < -0.39 is 0 Å². The molecule has 2 heterocycles. The van der Waals surface area contributed by atoms with Crippen molar-refractivity contribution in [2.75, 3.05) is 7.11 Å². The van der Waals surface area contributed by atoms with Crippen molar-refractivity contribution in [3.8, 4) is 17.1 Å². The SMILES string of the molecule is COc1ccc(CN2C(=O)NC3CC(c4nc(-c5ccccc5)no4)CCC3C2=O)cc1. The summed E-state index contributed by atoms with van der Waals surface area (Å²) in [5.74, 6) is 1.50. The number of hydrogen-bond acceptors (Lipinski definition) is 6. The molecule has 2 aromatic carbocycles. The van der Waals surface area contributed by atoms with Gasteiger partial charge in [-0.25, -0.2) is 4.79 Å². The molecule has 1 aliphatic heterocycles. The zero-order valence-corrected chi connectivity index (χ0v) is 17.7. The lowest BCUT2D eigenvalue weighted by Gasteiger charge is -2.41. The lowest BCUT2D eigenvalue weighted by Crippen LogP contribution is -2.60. The predicted octanol–water partition coefficient (Wildman–Crippen LogP) is 3.75. The topological polar surface area (TPSA) is 97.6 Å². The van der Waals surface area contributed by atoms with Crippen molar-refractivity contribution < 1.29 is 18.8 Å². The second kappa shape index (κ2) is 8.45. The van der Waals surface area contributed by atoms with Gasteiger partial charge in [-0.3, -0.25) is 9.69 Å². The van der Waals surface area contributed by atoms with Gasteiger partial charge in [0.15, 0.2) is 0 Å². The fourth-order valence-electron chi connectivity index (χ4n) is 4.56. The van der Waals surface area contributed by atoms with Crippen LogP contribution >= 0.6 is 0 Å². The summed E-state index contributed by atoms with van der Waals surface area (Å²) in [4.78, 5) is 31.7. The first kappa shape index (κ1) is 20.2. The average Bonchev–Trinajstić information content (AvgIpc) is 3.33. The van der Waals surface area contributed by atoms with Crippen LogP contribution in [0.15, 0.2) is 59.1 Å². The van der Waals surface area contributed by atoms with E-state index in [1.54, 1.807) is 7.11 Å². The van der Waals surface area contributed by atoms with Gasteiger partial charge >= 0.3 is 6.03 Å². The van der Waals surface area contributed by atoms with E-state index in [2.05, 4.69) is 15.5 Å². The van der Waals surface area contributed by atoms with Gasteiger partial charge in [0.05, 0.1) is 19.6 Å². The summed E-state index contributed by atoms with van der Waals surface area (Å²) in [7, 11) is 1.60. The maximum Gasteiger partial charge on any atom is 0.324 e. The maximum absolute atomic E-state index is 13.1. The molecule has 3 aromatic rings. The van der Waals surface area contributed by atoms with E-state index >= 15 is 0 Å². The second-order valence-corrected chi connectivity index (χ2v) is 8.27. The smallest absolute Gasteiger partial charge is 0.324 e. The Kier molecular flexibility index (Phi) is 5.34. The number of methoxy groups -OCH3 is 1. The molecule has 3 amide bonds. The van der Waals surface area contributed by atoms with E-state index in [9.17, 15) is 9.59 Å². The minimum absolute atomic E-state index is 0.0162. The number of urea groups is 1. The summed E-state index contributed by atoms with van der Waals surface area (Å²) >= 11 is 0. The monoisotopic (exact) mass is 432 g/mol. The molecule has 5 rings (SSSR count). The number of benzene rings is 2. The van der Waals surface area contributed by atoms with Crippen molar-refractivity contribution >= 4 is 11.9 Å². The number of fused-ring (bicyclic) bond motifs is 1. The Morgan fingerprint density at radius 1 is 1.09 bits per heavy atom. The average molecular weight is 432 g/mol. The van der Waals surface area contributed by atoms with Crippen molar-refractivity contribution in [2.45, 2.75) is 37.8 Å². The van der Waals surface area contributed by atoms with Gasteiger partial charge in [0.1, 0.15) is 5.75 Å². The van der Waals surface area contributed by atoms with Crippen LogP contribution in [-0.2, 0) is 11.3 Å². The Labute approximate surface area is 185 Å². The zero-order chi connectivity index (χ0) is 22.1. The number of carbonyl (C=O) groups excluding carboxylic acids is 2. The molecule has 0 spiro atoms. The summed E-state index contributed by atoms with van der Waals surface area (Å²) in [5.41, 5.74) is 1.77. The highest BCUT2D eigenvalue weighted by molar-refractivity contribution is 5.98. The van der Waals surface area contributed by atoms with Crippen LogP contribution in [0.3, 0.4) is 0 Å². The van der Waals surface area contributed by atoms with Crippen LogP contribution in [0.4, 0.5) is 4.79 Å². The van der Waals surface area contributed by atoms with Gasteiger partial charge in [-0.05, 0) is 37.0 Å². The number of nitrogens with zero attached hydrogens (tertiary/aromatic N) is 3. The largest absolute Gasteiger partial charge is 0.497 e. The van der Waals surface area contributed by atoms with Gasteiger partial charge in [0.25, 0.3) is 0 Å². The molecule has 164 valence electrons. The molecule has 3 atom stereocenters. The molecule has 1 aliphatic carbocycles. The van der Waals surface area contributed by atoms with Crippen LogP contribution in [0.2, 0.25) is 0 Å². The highest BCUT2D eigenvalue weighted by Crippen LogP contribution is 2.38. The van der Waals surface area contributed by atoms with Gasteiger partial charge in [-0.2, -0.15) is 4.98 Å². The molecule has 32 heavy (non-hydrogen) atoms. The number of amides is 3. The lowest BCUT2D eigenvalue weighted by atomic mass is 9.76. The first-order valence-corrected chi connectivity index (χ1v) is 10.8. The van der Waals surface area contributed by atoms with Crippen molar-refractivity contribution in [1.29, 1.82) is 0 Å². The summed E-state index contributed by atoms with van der Waals surface area (Å²) in [6.45, 7) is 0.241. The van der Waals surface area contributed by atoms with Crippen LogP contribution in [0.25, 0.3) is 11.4 Å². The van der Waals surface area contributed by atoms with Crippen molar-refractivity contribution in [3.63, 3.8) is 0 Å². The van der Waals surface area contributed by atoms with Crippen LogP contribution < -0.4 is 10.1 Å². The Hall–Kier alpha value is -3.68. The van der Waals surface area contributed by atoms with Crippen LogP contribution in [0.5, 0.6) is 5.75 Å². The number of imide groups is 1. The number of ether oxygens (including phenoxy) is 1. The van der Waals surface area contributed by atoms with Crippen LogP contribution in [0.1, 0.15) is 36.6 Å². The Morgan fingerprint density at radius 2 is 1.88 bits per heavy atom. The van der Waals surface area contributed by atoms with E-state index in [1.165, 1.54) is 4.90 Å². The highest BCUT2D eigenvalue weighted by atomic mass is 16.5. The third-order valence-corrected chi connectivity index (χ3v) is 6.31. The molecule has 1 N–H and O–H groups in total. The fourth-order valence-corrected chi connectivity index (χ4v) is 4.56. The number of rotatable bonds is 5. The summed E-state index contributed by atoms with van der Waals surface area (Å²) < 4.78 is 10.7. The second-order valence-electron chi connectivity index (χ2n) is 8.27. The number of aromatic nitrogens is 2. The molecular weight excluding hydrogens is 408 g/mol. The molecule has 1 saturated heterocycles. The number of nitrogens with one attached hydrogen (secondary N) is 1. The molecule has 8 nitrogen and oxygen atoms in total. The quantitative estimate of drug-likeness (QED) is 0.659. The fraction of sp³-hybridized carbons (Fsp3) is 0.333. The van der Waals surface area contributed by atoms with Gasteiger partial charge in [0.2, 0.25) is 17.6 Å². The summed E-state index contributed by atoms with van der Waals surface area (Å²) in [6.07, 6.45) is 2.03. The van der Waals surface area contributed by atoms with Crippen LogP contribution in [-0.4, -0.2) is 40.1 Å². The molecule has 0 radical (unpaired) electrons. The van der Waals surface area contributed by atoms with Crippen molar-refractivity contribution in [3.05, 3.63) is 66.1 Å². The van der Waals surface area contributed by atoms with Gasteiger partial charge in [0, 0.05) is 17.5 Å². The zero-order valence-electron chi connectivity index (χ0n) is 17.7. The summed E-state index contributed by atoms with van der Waals surface area (Å²) in [5, 5.41) is 7.14. The molecular formula is C24H24N4O4. The standard InChI is InChI=1S/C24H24N4O4/c1-31-18-10-7-15(8-11-18)14-28-23(29)19-12-9-17(13-20(19)25-24(28)30)22-26-21(27-32-22)16-5-3-2-4-6-16/h2-8,10-11,17,19-20H,9,12-14H2,1H3,(H,25,30). The Balaban J connectivity index is 1.26. The maximum atomic E-state index is 13.1. The van der Waals surface area contributed by atoms with Gasteiger partial charge < -0.3 is 14.6 Å². The van der Waals surface area contributed by atoms with Crippen molar-refractivity contribution in [1.82, 2.24) is 20.4 Å². The highest BCUT2D eigenvalue weighted by Gasteiger charge is 2.45. The van der Waals surface area contributed by atoms with Crippen LogP contribution in [0, 0.1) is 5.92 Å². The lowest BCUT2D eigenvalue weighted by molar-refractivity contribution is -0.137. The molecule has 2 fully saturated rings. The third kappa shape index (κ3) is 3.84. The molecule has 3 unspecified atom stereocenters. The summed E-state index contributed by atoms with van der Waals surface area (Å²) in [6, 6.07) is 16.4. The normalized spacial score (nSPS) is 22.9. The number of carbonyl (C=O) groups is 2. The molecule has 2 aliphatic rings. The van der Waals surface area contributed by atoms with Gasteiger partial charge in [-0.15, -0.1) is 0 Å². The molecule has 1 saturated carbocycles. The number of hydrogen-bond donors (Lipinski definition) is 1.